The first-order valence-corrected chi connectivity index (χ1v) is 6.75. The lowest BCUT2D eigenvalue weighted by Gasteiger charge is -2.31. The lowest BCUT2D eigenvalue weighted by Crippen LogP contribution is -2.37. The molecular formula is C14H15N3O4. The summed E-state index contributed by atoms with van der Waals surface area (Å²) in [4.78, 5) is 24.7. The zero-order chi connectivity index (χ0) is 14.8. The van der Waals surface area contributed by atoms with Gasteiger partial charge in [-0.3, -0.25) is 9.89 Å². The molecule has 1 saturated heterocycles. The highest BCUT2D eigenvalue weighted by Crippen LogP contribution is 2.28. The largest absolute Gasteiger partial charge is 0.478 e. The maximum absolute atomic E-state index is 12.2. The zero-order valence-electron chi connectivity index (χ0n) is 11.3. The normalized spacial score (nSPS) is 16.1. The number of H-pyrrole nitrogens is 1. The first-order chi connectivity index (χ1) is 10.1. The predicted octanol–water partition coefficient (Wildman–Crippen LogP) is 1.72. The van der Waals surface area contributed by atoms with E-state index < -0.39 is 5.97 Å². The molecule has 0 unspecified atom stereocenters. The van der Waals surface area contributed by atoms with Crippen molar-refractivity contribution in [3.05, 3.63) is 41.6 Å². The Bertz CT molecular complexity index is 639. The maximum atomic E-state index is 12.2. The van der Waals surface area contributed by atoms with Crippen molar-refractivity contribution in [2.45, 2.75) is 18.8 Å². The van der Waals surface area contributed by atoms with Crippen LogP contribution < -0.4 is 0 Å². The van der Waals surface area contributed by atoms with E-state index in [2.05, 4.69) is 10.2 Å². The third kappa shape index (κ3) is 2.67. The summed E-state index contributed by atoms with van der Waals surface area (Å²) in [5, 5.41) is 15.6. The molecule has 0 spiro atoms. The van der Waals surface area contributed by atoms with E-state index in [0.717, 1.165) is 24.7 Å². The van der Waals surface area contributed by atoms with E-state index in [1.54, 1.807) is 4.90 Å². The molecule has 2 aromatic heterocycles. The average Bonchev–Trinajstić information content (AvgIpc) is 3.18. The van der Waals surface area contributed by atoms with E-state index in [0.29, 0.717) is 19.0 Å². The van der Waals surface area contributed by atoms with Gasteiger partial charge in [-0.05, 0) is 24.3 Å². The summed E-state index contributed by atoms with van der Waals surface area (Å²) in [6.07, 6.45) is 6.50. The van der Waals surface area contributed by atoms with Crippen LogP contribution in [0.15, 0.2) is 29.1 Å². The van der Waals surface area contributed by atoms with Crippen molar-refractivity contribution < 1.29 is 19.1 Å². The summed E-state index contributed by atoms with van der Waals surface area (Å²) >= 11 is 0. The Morgan fingerprint density at radius 2 is 2.14 bits per heavy atom. The lowest BCUT2D eigenvalue weighted by atomic mass is 9.91. The number of nitrogens with one attached hydrogen (secondary N) is 1. The molecule has 3 heterocycles. The van der Waals surface area contributed by atoms with Gasteiger partial charge in [0.25, 0.3) is 5.91 Å². The third-order valence-corrected chi connectivity index (χ3v) is 3.83. The molecule has 0 aliphatic carbocycles. The van der Waals surface area contributed by atoms with Gasteiger partial charge in [-0.1, -0.05) is 0 Å². The number of carbonyl (C=O) groups excluding carboxylic acids is 1. The van der Waals surface area contributed by atoms with Crippen LogP contribution in [0.3, 0.4) is 0 Å². The van der Waals surface area contributed by atoms with E-state index in [-0.39, 0.29) is 17.2 Å². The number of hydrogen-bond acceptors (Lipinski definition) is 4. The van der Waals surface area contributed by atoms with E-state index in [1.165, 1.54) is 6.07 Å². The van der Waals surface area contributed by atoms with Gasteiger partial charge >= 0.3 is 5.97 Å². The average molecular weight is 289 g/mol. The van der Waals surface area contributed by atoms with Gasteiger partial charge in [0.15, 0.2) is 5.76 Å². The van der Waals surface area contributed by atoms with Gasteiger partial charge in [-0.25, -0.2) is 4.79 Å². The van der Waals surface area contributed by atoms with Crippen molar-refractivity contribution in [3.8, 4) is 0 Å². The number of nitrogens with zero attached hydrogens (tertiary/aromatic N) is 2. The Balaban J connectivity index is 1.63. The Morgan fingerprint density at radius 1 is 1.38 bits per heavy atom. The van der Waals surface area contributed by atoms with Crippen molar-refractivity contribution in [1.82, 2.24) is 15.1 Å². The molecule has 21 heavy (non-hydrogen) atoms. The minimum Gasteiger partial charge on any atom is -0.478 e. The molecule has 110 valence electrons. The molecular weight excluding hydrogens is 274 g/mol. The fourth-order valence-electron chi connectivity index (χ4n) is 2.62. The molecule has 1 aliphatic rings. The van der Waals surface area contributed by atoms with Crippen LogP contribution in [0.5, 0.6) is 0 Å². The number of aromatic amines is 1. The summed E-state index contributed by atoms with van der Waals surface area (Å²) in [6, 6.07) is 1.27. The zero-order valence-corrected chi connectivity index (χ0v) is 11.3. The predicted molar refractivity (Wildman–Crippen MR) is 72.1 cm³/mol. The number of aromatic carboxylic acids is 1. The van der Waals surface area contributed by atoms with Gasteiger partial charge < -0.3 is 14.4 Å². The van der Waals surface area contributed by atoms with Gasteiger partial charge in [-0.2, -0.15) is 5.10 Å². The number of furan rings is 1. The molecule has 2 aromatic rings. The standard InChI is InChI=1S/C14H15N3O4/c18-13(12-5-10(8-21-12)14(19)20)17-3-1-9(2-4-17)11-6-15-16-7-11/h5-9H,1-4H2,(H,15,16)(H,19,20). The van der Waals surface area contributed by atoms with Gasteiger partial charge in [0, 0.05) is 25.4 Å². The van der Waals surface area contributed by atoms with Crippen LogP contribution in [0.2, 0.25) is 0 Å². The van der Waals surface area contributed by atoms with Crippen LogP contribution in [-0.2, 0) is 0 Å². The first-order valence-electron chi connectivity index (χ1n) is 6.75. The van der Waals surface area contributed by atoms with Gasteiger partial charge in [0.05, 0.1) is 11.8 Å². The molecule has 0 saturated carbocycles. The second-order valence-corrected chi connectivity index (χ2v) is 5.10. The number of carboxylic acid groups (broad SMARTS) is 1. The summed E-state index contributed by atoms with van der Waals surface area (Å²) in [5.74, 6) is -0.877. The summed E-state index contributed by atoms with van der Waals surface area (Å²) in [7, 11) is 0. The molecule has 7 heteroatoms. The number of likely N-dealkylation sites (tertiary alicyclic amines) is 1. The second-order valence-electron chi connectivity index (χ2n) is 5.10. The highest BCUT2D eigenvalue weighted by Gasteiger charge is 2.27. The molecule has 0 bridgehead atoms. The van der Waals surface area contributed by atoms with E-state index >= 15 is 0 Å². The van der Waals surface area contributed by atoms with Crippen LogP contribution in [0.25, 0.3) is 0 Å². The SMILES string of the molecule is O=C(O)c1coc(C(=O)N2CCC(c3cn[nH]c3)CC2)c1. The fourth-order valence-corrected chi connectivity index (χ4v) is 2.62. The number of amides is 1. The van der Waals surface area contributed by atoms with Crippen molar-refractivity contribution in [2.75, 3.05) is 13.1 Å². The molecule has 7 nitrogen and oxygen atoms in total. The Kier molecular flexibility index (Phi) is 3.47. The minimum absolute atomic E-state index is 0.00775. The number of piperidine rings is 1. The van der Waals surface area contributed by atoms with Gasteiger partial charge in [0.2, 0.25) is 0 Å². The van der Waals surface area contributed by atoms with Crippen LogP contribution in [0.1, 0.15) is 45.2 Å². The van der Waals surface area contributed by atoms with Crippen LogP contribution in [0.4, 0.5) is 0 Å². The van der Waals surface area contributed by atoms with Crippen molar-refractivity contribution in [2.24, 2.45) is 0 Å². The number of hydrogen-bond donors (Lipinski definition) is 2. The molecule has 1 fully saturated rings. The molecule has 0 aromatic carbocycles. The summed E-state index contributed by atoms with van der Waals surface area (Å²) in [5.41, 5.74) is 1.15. The Labute approximate surface area is 120 Å². The molecule has 3 rings (SSSR count). The van der Waals surface area contributed by atoms with Crippen LogP contribution >= 0.6 is 0 Å². The van der Waals surface area contributed by atoms with Crippen LogP contribution in [-0.4, -0.2) is 45.2 Å². The molecule has 0 radical (unpaired) electrons. The Hall–Kier alpha value is -2.57. The maximum Gasteiger partial charge on any atom is 0.338 e. The quantitative estimate of drug-likeness (QED) is 0.896. The lowest BCUT2D eigenvalue weighted by molar-refractivity contribution is 0.0677. The third-order valence-electron chi connectivity index (χ3n) is 3.83. The topological polar surface area (TPSA) is 99.4 Å². The second kappa shape index (κ2) is 5.43. The van der Waals surface area contributed by atoms with Crippen molar-refractivity contribution >= 4 is 11.9 Å². The Morgan fingerprint density at radius 3 is 2.71 bits per heavy atom. The van der Waals surface area contributed by atoms with Crippen LogP contribution in [0, 0.1) is 0 Å². The van der Waals surface area contributed by atoms with Gasteiger partial charge in [0.1, 0.15) is 6.26 Å². The summed E-state index contributed by atoms with van der Waals surface area (Å²) in [6.45, 7) is 1.25. The number of aromatic nitrogens is 2. The smallest absolute Gasteiger partial charge is 0.338 e. The highest BCUT2D eigenvalue weighted by molar-refractivity contribution is 5.95. The monoisotopic (exact) mass is 289 g/mol. The molecule has 1 aliphatic heterocycles. The molecule has 1 amide bonds. The number of carboxylic acids is 1. The first kappa shape index (κ1) is 13.4. The minimum atomic E-state index is -1.10. The summed E-state index contributed by atoms with van der Waals surface area (Å²) < 4.78 is 5.05. The number of carbonyl (C=O) groups is 2. The van der Waals surface area contributed by atoms with E-state index in [1.807, 2.05) is 12.4 Å². The fraction of sp³-hybridized carbons (Fsp3) is 0.357. The van der Waals surface area contributed by atoms with Gasteiger partial charge in [-0.15, -0.1) is 0 Å². The highest BCUT2D eigenvalue weighted by atomic mass is 16.4. The van der Waals surface area contributed by atoms with Crippen molar-refractivity contribution in [3.63, 3.8) is 0 Å². The van der Waals surface area contributed by atoms with E-state index in [4.69, 9.17) is 9.52 Å². The molecule has 0 atom stereocenters. The van der Waals surface area contributed by atoms with E-state index in [9.17, 15) is 9.59 Å². The number of rotatable bonds is 3. The van der Waals surface area contributed by atoms with Crippen molar-refractivity contribution in [1.29, 1.82) is 0 Å². The molecule has 2 N–H and O–H groups in total.